The monoisotopic (exact) mass is 300 g/mol. The van der Waals surface area contributed by atoms with Crippen molar-refractivity contribution in [2.24, 2.45) is 5.73 Å². The van der Waals surface area contributed by atoms with Crippen LogP contribution in [0.5, 0.6) is 0 Å². The number of halogens is 1. The van der Waals surface area contributed by atoms with Gasteiger partial charge in [0.15, 0.2) is 0 Å². The van der Waals surface area contributed by atoms with Gasteiger partial charge in [-0.3, -0.25) is 4.79 Å². The van der Waals surface area contributed by atoms with Crippen LogP contribution in [0.2, 0.25) is 0 Å². The normalized spacial score (nSPS) is 13.5. The van der Waals surface area contributed by atoms with Crippen molar-refractivity contribution in [3.63, 3.8) is 0 Å². The lowest BCUT2D eigenvalue weighted by Gasteiger charge is -2.17. The van der Waals surface area contributed by atoms with Crippen molar-refractivity contribution in [2.45, 2.75) is 32.4 Å². The third-order valence-corrected chi connectivity index (χ3v) is 3.71. The molecule has 0 radical (unpaired) electrons. The van der Waals surface area contributed by atoms with Crippen LogP contribution in [-0.2, 0) is 4.79 Å². The molecule has 0 aliphatic heterocycles. The van der Waals surface area contributed by atoms with E-state index in [0.717, 1.165) is 11.1 Å². The Labute approximate surface area is 130 Å². The molecule has 0 fully saturated rings. The largest absolute Gasteiger partial charge is 0.350 e. The van der Waals surface area contributed by atoms with Crippen LogP contribution in [0.1, 0.15) is 42.1 Å². The molecule has 2 aromatic rings. The van der Waals surface area contributed by atoms with Gasteiger partial charge in [0.25, 0.3) is 0 Å². The summed E-state index contributed by atoms with van der Waals surface area (Å²) in [6.45, 7) is 3.54. The fourth-order valence-corrected chi connectivity index (χ4v) is 2.28. The van der Waals surface area contributed by atoms with E-state index in [4.69, 9.17) is 5.73 Å². The summed E-state index contributed by atoms with van der Waals surface area (Å²) in [4.78, 5) is 12.1. The molecule has 0 saturated heterocycles. The van der Waals surface area contributed by atoms with Crippen LogP contribution >= 0.6 is 0 Å². The molecule has 3 N–H and O–H groups in total. The van der Waals surface area contributed by atoms with E-state index in [2.05, 4.69) is 5.32 Å². The number of benzene rings is 2. The molecule has 0 aliphatic rings. The number of rotatable bonds is 5. The molecule has 4 heteroatoms. The van der Waals surface area contributed by atoms with Crippen molar-refractivity contribution in [2.75, 3.05) is 0 Å². The Morgan fingerprint density at radius 3 is 2.50 bits per heavy atom. The quantitative estimate of drug-likeness (QED) is 0.889. The predicted molar refractivity (Wildman–Crippen MR) is 85.7 cm³/mol. The van der Waals surface area contributed by atoms with Crippen molar-refractivity contribution >= 4 is 5.91 Å². The minimum Gasteiger partial charge on any atom is -0.350 e. The molecule has 0 aliphatic carbocycles. The zero-order valence-corrected chi connectivity index (χ0v) is 12.8. The molecule has 0 saturated carbocycles. The van der Waals surface area contributed by atoms with Gasteiger partial charge < -0.3 is 11.1 Å². The number of carbonyl (C=O) groups excluding carboxylic acids is 1. The lowest BCUT2D eigenvalue weighted by atomic mass is 10.0. The first-order chi connectivity index (χ1) is 10.5. The third kappa shape index (κ3) is 4.15. The number of hydrogen-bond acceptors (Lipinski definition) is 2. The Morgan fingerprint density at radius 2 is 1.86 bits per heavy atom. The maximum atomic E-state index is 13.6. The summed E-state index contributed by atoms with van der Waals surface area (Å²) in [6, 6.07) is 13.9. The number of aryl methyl sites for hydroxylation is 1. The van der Waals surface area contributed by atoms with E-state index >= 15 is 0 Å². The van der Waals surface area contributed by atoms with Gasteiger partial charge in [-0.2, -0.15) is 0 Å². The van der Waals surface area contributed by atoms with E-state index in [1.807, 2.05) is 43.3 Å². The van der Waals surface area contributed by atoms with Gasteiger partial charge >= 0.3 is 0 Å². The minimum atomic E-state index is -0.344. The Balaban J connectivity index is 1.95. The summed E-state index contributed by atoms with van der Waals surface area (Å²) in [6.07, 6.45) is 0.197. The zero-order valence-electron chi connectivity index (χ0n) is 12.8. The Morgan fingerprint density at radius 1 is 1.18 bits per heavy atom. The number of nitrogens with one attached hydrogen (secondary N) is 1. The number of carbonyl (C=O) groups is 1. The van der Waals surface area contributed by atoms with E-state index in [1.165, 1.54) is 6.07 Å². The van der Waals surface area contributed by atoms with Crippen LogP contribution in [0.3, 0.4) is 0 Å². The minimum absolute atomic E-state index is 0.148. The molecule has 0 heterocycles. The molecule has 22 heavy (non-hydrogen) atoms. The summed E-state index contributed by atoms with van der Waals surface area (Å²) in [7, 11) is 0. The molecule has 0 aromatic heterocycles. The van der Waals surface area contributed by atoms with Crippen molar-refractivity contribution in [3.8, 4) is 0 Å². The second-order valence-corrected chi connectivity index (χ2v) is 5.52. The molecule has 2 atom stereocenters. The number of nitrogens with two attached hydrogens (primary N) is 1. The first kappa shape index (κ1) is 16.2. The number of amides is 1. The van der Waals surface area contributed by atoms with Gasteiger partial charge in [-0.15, -0.1) is 0 Å². The zero-order chi connectivity index (χ0) is 16.1. The van der Waals surface area contributed by atoms with Gasteiger partial charge in [0.05, 0.1) is 6.04 Å². The van der Waals surface area contributed by atoms with Gasteiger partial charge in [-0.25, -0.2) is 4.39 Å². The second-order valence-electron chi connectivity index (χ2n) is 5.52. The van der Waals surface area contributed by atoms with E-state index in [9.17, 15) is 9.18 Å². The first-order valence-electron chi connectivity index (χ1n) is 7.33. The van der Waals surface area contributed by atoms with E-state index in [1.54, 1.807) is 13.0 Å². The smallest absolute Gasteiger partial charge is 0.222 e. The predicted octanol–water partition coefficient (Wildman–Crippen LogP) is 3.40. The summed E-state index contributed by atoms with van der Waals surface area (Å²) in [5.74, 6) is -0.413. The van der Waals surface area contributed by atoms with Crippen molar-refractivity contribution < 1.29 is 9.18 Å². The van der Waals surface area contributed by atoms with Crippen LogP contribution < -0.4 is 11.1 Å². The number of hydrogen-bond donors (Lipinski definition) is 2. The third-order valence-electron chi connectivity index (χ3n) is 3.71. The lowest BCUT2D eigenvalue weighted by molar-refractivity contribution is -0.122. The molecule has 2 unspecified atom stereocenters. The fourth-order valence-electron chi connectivity index (χ4n) is 2.28. The van der Waals surface area contributed by atoms with Gasteiger partial charge in [-0.1, -0.05) is 42.5 Å². The molecule has 3 nitrogen and oxygen atoms in total. The molecular formula is C18H21FN2O. The highest BCUT2D eigenvalue weighted by Crippen LogP contribution is 2.18. The van der Waals surface area contributed by atoms with Gasteiger partial charge in [0, 0.05) is 12.5 Å². The lowest BCUT2D eigenvalue weighted by Crippen LogP contribution is -2.29. The maximum Gasteiger partial charge on any atom is 0.222 e. The first-order valence-corrected chi connectivity index (χ1v) is 7.33. The average Bonchev–Trinajstić information content (AvgIpc) is 2.50. The molecular weight excluding hydrogens is 279 g/mol. The van der Waals surface area contributed by atoms with E-state index in [0.29, 0.717) is 5.56 Å². The summed E-state index contributed by atoms with van der Waals surface area (Å²) in [5.41, 5.74) is 8.29. The highest BCUT2D eigenvalue weighted by Gasteiger charge is 2.15. The van der Waals surface area contributed by atoms with Crippen molar-refractivity contribution in [1.29, 1.82) is 0 Å². The van der Waals surface area contributed by atoms with E-state index < -0.39 is 0 Å². The molecule has 2 aromatic carbocycles. The van der Waals surface area contributed by atoms with Gasteiger partial charge in [0.1, 0.15) is 5.82 Å². The van der Waals surface area contributed by atoms with Crippen molar-refractivity contribution in [1.82, 2.24) is 5.32 Å². The molecule has 2 rings (SSSR count). The maximum absolute atomic E-state index is 13.6. The van der Waals surface area contributed by atoms with Crippen LogP contribution in [0, 0.1) is 12.7 Å². The van der Waals surface area contributed by atoms with Crippen LogP contribution in [-0.4, -0.2) is 5.91 Å². The van der Waals surface area contributed by atoms with Crippen LogP contribution in [0.25, 0.3) is 0 Å². The topological polar surface area (TPSA) is 55.1 Å². The fraction of sp³-hybridized carbons (Fsp3) is 0.278. The molecule has 0 spiro atoms. The average molecular weight is 300 g/mol. The second kappa shape index (κ2) is 7.18. The summed E-state index contributed by atoms with van der Waals surface area (Å²) >= 11 is 0. The Bertz CT molecular complexity index is 643. The standard InChI is InChI=1S/C18H21FN2O/c1-12-8-9-15(10-16(12)19)13(2)21-18(22)11-17(20)14-6-4-3-5-7-14/h3-10,13,17H,11,20H2,1-2H3,(H,21,22). The van der Waals surface area contributed by atoms with Crippen molar-refractivity contribution in [3.05, 3.63) is 71.0 Å². The van der Waals surface area contributed by atoms with Gasteiger partial charge in [0.2, 0.25) is 5.91 Å². The summed E-state index contributed by atoms with van der Waals surface area (Å²) in [5, 5.41) is 2.86. The highest BCUT2D eigenvalue weighted by molar-refractivity contribution is 5.77. The summed E-state index contributed by atoms with van der Waals surface area (Å²) < 4.78 is 13.6. The SMILES string of the molecule is Cc1ccc(C(C)NC(=O)CC(N)c2ccccc2)cc1F. The molecule has 1 amide bonds. The van der Waals surface area contributed by atoms with Crippen LogP contribution in [0.15, 0.2) is 48.5 Å². The Hall–Kier alpha value is -2.20. The van der Waals surface area contributed by atoms with E-state index in [-0.39, 0.29) is 30.2 Å². The highest BCUT2D eigenvalue weighted by atomic mass is 19.1. The van der Waals surface area contributed by atoms with Crippen LogP contribution in [0.4, 0.5) is 4.39 Å². The Kier molecular flexibility index (Phi) is 5.28. The van der Waals surface area contributed by atoms with Gasteiger partial charge in [-0.05, 0) is 36.6 Å². The molecule has 116 valence electrons. The molecule has 0 bridgehead atoms.